The number of likely N-dealkylation sites (tertiary alicyclic amines) is 1. The number of nitrogens with zero attached hydrogens (tertiary/aromatic N) is 6. The van der Waals surface area contributed by atoms with Gasteiger partial charge in [0.15, 0.2) is 17.2 Å². The molecule has 0 amide bonds. The highest BCUT2D eigenvalue weighted by Crippen LogP contribution is 2.41. The number of carbonyl (C=O) groups is 1. The molecule has 2 aromatic carbocycles. The second-order valence-electron chi connectivity index (χ2n) is 12.5. The molecule has 0 spiro atoms. The molecule has 50 heavy (non-hydrogen) atoms. The molecule has 0 radical (unpaired) electrons. The van der Waals surface area contributed by atoms with Gasteiger partial charge in [0.1, 0.15) is 11.3 Å². The Bertz CT molecular complexity index is 1990. The highest BCUT2D eigenvalue weighted by atomic mass is 16.5. The van der Waals surface area contributed by atoms with Crippen molar-refractivity contribution in [3.8, 4) is 41.2 Å². The second-order valence-corrected chi connectivity index (χ2v) is 12.5. The van der Waals surface area contributed by atoms with Crippen molar-refractivity contribution < 1.29 is 9.53 Å². The van der Waals surface area contributed by atoms with Gasteiger partial charge >= 0.3 is 0 Å². The number of ether oxygens (including phenoxy) is 1. The van der Waals surface area contributed by atoms with Crippen LogP contribution in [0.5, 0.6) is 0 Å². The summed E-state index contributed by atoms with van der Waals surface area (Å²) >= 11 is 0. The van der Waals surface area contributed by atoms with Gasteiger partial charge < -0.3 is 15.4 Å². The molecular weight excluding hydrogens is 622 g/mol. The van der Waals surface area contributed by atoms with Crippen molar-refractivity contribution in [2.24, 2.45) is 0 Å². The molecular formula is C41H45N7O2. The topological polar surface area (TPSA) is 102 Å². The predicted molar refractivity (Wildman–Crippen MR) is 200 cm³/mol. The monoisotopic (exact) mass is 667 g/mol. The van der Waals surface area contributed by atoms with E-state index < -0.39 is 0 Å². The summed E-state index contributed by atoms with van der Waals surface area (Å²) in [6.07, 6.45) is 14.8. The van der Waals surface area contributed by atoms with Crippen LogP contribution in [0, 0.1) is 12.8 Å². The van der Waals surface area contributed by atoms with Crippen LogP contribution in [0.3, 0.4) is 0 Å². The number of Topliss-reactive ketones (excluding diaryl/α,β-unsaturated/α-hetero) is 1. The Balaban J connectivity index is 0.00000104. The first kappa shape index (κ1) is 34.4. The fourth-order valence-corrected chi connectivity index (χ4v) is 7.02. The Morgan fingerprint density at radius 1 is 0.880 bits per heavy atom. The molecule has 9 nitrogen and oxygen atoms in total. The van der Waals surface area contributed by atoms with Gasteiger partial charge in [-0.15, -0.1) is 12.8 Å². The third-order valence-corrected chi connectivity index (χ3v) is 9.50. The van der Waals surface area contributed by atoms with E-state index in [0.717, 1.165) is 71.8 Å². The number of carbonyl (C=O) groups excluding carboxylic acids is 1. The van der Waals surface area contributed by atoms with Gasteiger partial charge in [-0.2, -0.15) is 0 Å². The molecule has 3 aromatic heterocycles. The van der Waals surface area contributed by atoms with Gasteiger partial charge in [0.2, 0.25) is 5.78 Å². The Labute approximate surface area is 294 Å². The number of ketones is 1. The molecule has 0 unspecified atom stereocenters. The van der Waals surface area contributed by atoms with E-state index >= 15 is 0 Å². The van der Waals surface area contributed by atoms with Gasteiger partial charge in [0.05, 0.1) is 30.5 Å². The van der Waals surface area contributed by atoms with E-state index in [0.29, 0.717) is 35.9 Å². The fourth-order valence-electron chi connectivity index (χ4n) is 7.02. The number of benzene rings is 2. The number of piperidine rings is 1. The summed E-state index contributed by atoms with van der Waals surface area (Å²) < 4.78 is 7.53. The molecule has 1 aliphatic heterocycles. The quantitative estimate of drug-likeness (QED) is 0.164. The first-order chi connectivity index (χ1) is 24.6. The molecule has 4 heterocycles. The first-order valence-corrected chi connectivity index (χ1v) is 17.5. The Morgan fingerprint density at radius 2 is 1.58 bits per heavy atom. The maximum absolute atomic E-state index is 12.1. The number of rotatable bonds is 9. The number of anilines is 1. The summed E-state index contributed by atoms with van der Waals surface area (Å²) in [5.74, 6) is 1.87. The number of hydrogen-bond acceptors (Lipinski definition) is 8. The van der Waals surface area contributed by atoms with Crippen molar-refractivity contribution in [2.45, 2.75) is 64.6 Å². The van der Waals surface area contributed by atoms with Gasteiger partial charge in [0.25, 0.3) is 0 Å². The minimum absolute atomic E-state index is 0.135. The van der Waals surface area contributed by atoms with Crippen LogP contribution >= 0.6 is 0 Å². The summed E-state index contributed by atoms with van der Waals surface area (Å²) in [5, 5.41) is 0. The lowest BCUT2D eigenvalue weighted by Gasteiger charge is -2.43. The number of hydrogen-bond donors (Lipinski definition) is 1. The number of aromatic nitrogens is 4. The highest BCUT2D eigenvalue weighted by molar-refractivity contribution is 6.02. The van der Waals surface area contributed by atoms with Crippen molar-refractivity contribution in [1.29, 1.82) is 0 Å². The van der Waals surface area contributed by atoms with Gasteiger partial charge in [-0.05, 0) is 67.6 Å². The first-order valence-electron chi connectivity index (χ1n) is 17.5. The Morgan fingerprint density at radius 3 is 2.22 bits per heavy atom. The second kappa shape index (κ2) is 15.4. The molecule has 2 aliphatic carbocycles. The third-order valence-electron chi connectivity index (χ3n) is 9.50. The molecule has 3 aliphatic rings. The molecule has 9 heteroatoms. The number of pyridine rings is 2. The Hall–Kier alpha value is -5.46. The maximum atomic E-state index is 12.1. The standard InChI is InChI=1S/C37H37N7O2.C2H6.C2H2/c1-46-34-32(22-33(34)45)43(26-13-14-26)28-17-20-42(21-18-28)23-24-9-11-27(12-10-24)44-36(29-8-5-19-39-35(29)38)41-31-16-15-30(40-37(31)44)25-6-3-2-4-7-25;2*1-2/h2-12,15-16,19,26,28H,13-14,17-18,20-23H2,1H3,(H2,38,39);1-2H3;1-2H. The average Bonchev–Trinajstić information content (AvgIpc) is 3.94. The number of allylic oxidation sites excluding steroid dienone is 2. The maximum Gasteiger partial charge on any atom is 0.205 e. The van der Waals surface area contributed by atoms with Gasteiger partial charge in [-0.1, -0.05) is 56.3 Å². The number of nitrogens with two attached hydrogens (primary N) is 1. The van der Waals surface area contributed by atoms with E-state index in [4.69, 9.17) is 20.4 Å². The fraction of sp³-hybridized carbons (Fsp3) is 0.317. The van der Waals surface area contributed by atoms with Gasteiger partial charge in [-0.3, -0.25) is 14.3 Å². The number of imidazole rings is 1. The van der Waals surface area contributed by atoms with Crippen molar-refractivity contribution >= 4 is 22.8 Å². The van der Waals surface area contributed by atoms with Crippen LogP contribution < -0.4 is 5.73 Å². The molecule has 5 aromatic rings. The Kier molecular flexibility index (Phi) is 10.6. The number of nitrogen functional groups attached to an aromatic ring is 1. The zero-order chi connectivity index (χ0) is 35.2. The van der Waals surface area contributed by atoms with Gasteiger partial charge in [0, 0.05) is 49.2 Å². The minimum Gasteiger partial charge on any atom is -0.491 e. The third kappa shape index (κ3) is 6.85. The lowest BCUT2D eigenvalue weighted by molar-refractivity contribution is -0.121. The number of methoxy groups -OCH3 is 1. The lowest BCUT2D eigenvalue weighted by atomic mass is 9.94. The molecule has 2 fully saturated rings. The lowest BCUT2D eigenvalue weighted by Crippen LogP contribution is -2.47. The van der Waals surface area contributed by atoms with Crippen LogP contribution in [0.4, 0.5) is 5.82 Å². The smallest absolute Gasteiger partial charge is 0.205 e. The van der Waals surface area contributed by atoms with E-state index in [2.05, 4.69) is 68.6 Å². The normalized spacial score (nSPS) is 16.1. The number of fused-ring (bicyclic) bond motifs is 1. The van der Waals surface area contributed by atoms with E-state index in [9.17, 15) is 4.79 Å². The van der Waals surface area contributed by atoms with E-state index in [1.54, 1.807) is 13.3 Å². The molecule has 0 bridgehead atoms. The van der Waals surface area contributed by atoms with Crippen LogP contribution in [0.2, 0.25) is 0 Å². The largest absolute Gasteiger partial charge is 0.491 e. The van der Waals surface area contributed by atoms with Crippen LogP contribution in [-0.2, 0) is 16.1 Å². The van der Waals surface area contributed by atoms with Crippen molar-refractivity contribution in [1.82, 2.24) is 29.3 Å². The molecule has 1 saturated carbocycles. The zero-order valence-electron chi connectivity index (χ0n) is 29.1. The average molecular weight is 668 g/mol. The van der Waals surface area contributed by atoms with Crippen molar-refractivity contribution in [2.75, 3.05) is 25.9 Å². The predicted octanol–water partition coefficient (Wildman–Crippen LogP) is 7.27. The SMILES string of the molecule is C#C.CC.COC1=C(N(C2CC2)C2CCN(Cc3ccc(-n4c(-c5cccnc5N)nc5ccc(-c6ccccc6)nc54)cc3)CC2)CC1=O. The van der Waals surface area contributed by atoms with Crippen LogP contribution in [-0.4, -0.2) is 67.4 Å². The van der Waals surface area contributed by atoms with E-state index in [-0.39, 0.29) is 5.78 Å². The molecule has 2 N–H and O–H groups in total. The summed E-state index contributed by atoms with van der Waals surface area (Å²) in [6.45, 7) is 6.95. The summed E-state index contributed by atoms with van der Waals surface area (Å²) in [4.78, 5) is 31.5. The molecule has 0 atom stereocenters. The minimum atomic E-state index is 0.135. The van der Waals surface area contributed by atoms with Crippen molar-refractivity contribution in [3.05, 3.63) is 102 Å². The van der Waals surface area contributed by atoms with E-state index in [1.165, 1.54) is 18.4 Å². The highest BCUT2D eigenvalue weighted by Gasteiger charge is 2.43. The van der Waals surface area contributed by atoms with Gasteiger partial charge in [-0.25, -0.2) is 15.0 Å². The summed E-state index contributed by atoms with van der Waals surface area (Å²) in [7, 11) is 1.62. The van der Waals surface area contributed by atoms with Crippen LogP contribution in [0.1, 0.15) is 51.5 Å². The molecule has 1 saturated heterocycles. The van der Waals surface area contributed by atoms with E-state index in [1.807, 2.05) is 56.3 Å². The summed E-state index contributed by atoms with van der Waals surface area (Å²) in [6, 6.07) is 27.8. The molecule has 8 rings (SSSR count). The number of terminal acetylenes is 1. The van der Waals surface area contributed by atoms with Crippen LogP contribution in [0.15, 0.2) is 96.5 Å². The zero-order valence-corrected chi connectivity index (χ0v) is 29.1. The molecule has 256 valence electrons. The van der Waals surface area contributed by atoms with Crippen LogP contribution in [0.25, 0.3) is 39.5 Å². The van der Waals surface area contributed by atoms with Crippen molar-refractivity contribution in [3.63, 3.8) is 0 Å². The summed E-state index contributed by atoms with van der Waals surface area (Å²) in [5.41, 5.74) is 14.0.